The van der Waals surface area contributed by atoms with E-state index in [9.17, 15) is 4.79 Å². The molecule has 4 rings (SSSR count). The molecule has 1 aromatic carbocycles. The van der Waals surface area contributed by atoms with Gasteiger partial charge in [-0.15, -0.1) is 0 Å². The molecule has 0 radical (unpaired) electrons. The van der Waals surface area contributed by atoms with Crippen LogP contribution in [-0.4, -0.2) is 38.0 Å². The maximum Gasteiger partial charge on any atom is 0.331 e. The fourth-order valence-corrected chi connectivity index (χ4v) is 3.33. The van der Waals surface area contributed by atoms with Gasteiger partial charge in [0.05, 0.1) is 31.8 Å². The van der Waals surface area contributed by atoms with Crippen molar-refractivity contribution in [1.29, 1.82) is 0 Å². The third-order valence-electron chi connectivity index (χ3n) is 4.30. The lowest BCUT2D eigenvalue weighted by Gasteiger charge is -2.11. The second-order valence-electron chi connectivity index (χ2n) is 5.46. The van der Waals surface area contributed by atoms with Gasteiger partial charge < -0.3 is 18.9 Å². The smallest absolute Gasteiger partial charge is 0.331 e. The zero-order chi connectivity index (χ0) is 13.7. The summed E-state index contributed by atoms with van der Waals surface area (Å²) in [4.78, 5) is 11.0. The highest BCUT2D eigenvalue weighted by molar-refractivity contribution is 5.70. The van der Waals surface area contributed by atoms with Crippen molar-refractivity contribution in [2.75, 3.05) is 13.7 Å². The quantitative estimate of drug-likeness (QED) is 0.614. The Bertz CT molecular complexity index is 555. The number of methoxy groups -OCH3 is 1. The van der Waals surface area contributed by atoms with Crippen molar-refractivity contribution in [3.05, 3.63) is 29.3 Å². The molecule has 106 valence electrons. The van der Waals surface area contributed by atoms with Gasteiger partial charge in [-0.3, -0.25) is 0 Å². The average Bonchev–Trinajstić information content (AvgIpc) is 2.96. The predicted molar refractivity (Wildman–Crippen MR) is 68.5 cm³/mol. The first kappa shape index (κ1) is 12.2. The van der Waals surface area contributed by atoms with E-state index in [2.05, 4.69) is 10.8 Å². The summed E-state index contributed by atoms with van der Waals surface area (Å²) in [5.41, 5.74) is 2.21. The second-order valence-corrected chi connectivity index (χ2v) is 5.46. The van der Waals surface area contributed by atoms with Crippen LogP contribution in [0.2, 0.25) is 0 Å². The number of carbonyl (C=O) groups is 1. The number of benzene rings is 1. The van der Waals surface area contributed by atoms with Gasteiger partial charge in [-0.25, -0.2) is 4.79 Å². The number of hydrogen-bond acceptors (Lipinski definition) is 5. The number of epoxide rings is 1. The van der Waals surface area contributed by atoms with Gasteiger partial charge in [0, 0.05) is 17.5 Å². The highest BCUT2D eigenvalue weighted by Gasteiger charge is 2.60. The van der Waals surface area contributed by atoms with Gasteiger partial charge in [-0.05, 0) is 0 Å². The lowest BCUT2D eigenvalue weighted by Crippen LogP contribution is -2.17. The van der Waals surface area contributed by atoms with Gasteiger partial charge in [0.25, 0.3) is 0 Å². The number of fused-ring (bicyclic) bond motifs is 5. The summed E-state index contributed by atoms with van der Waals surface area (Å²) in [6, 6.07) is 6.09. The van der Waals surface area contributed by atoms with E-state index in [4.69, 9.17) is 14.2 Å². The van der Waals surface area contributed by atoms with E-state index < -0.39 is 0 Å². The number of hydrogen-bond donors (Lipinski definition) is 0. The van der Waals surface area contributed by atoms with Crippen LogP contribution in [0, 0.1) is 0 Å². The lowest BCUT2D eigenvalue weighted by atomic mass is 9.95. The van der Waals surface area contributed by atoms with Gasteiger partial charge in [0.15, 0.2) is 0 Å². The summed E-state index contributed by atoms with van der Waals surface area (Å²) in [6.07, 6.45) is 1.97. The van der Waals surface area contributed by atoms with Crippen molar-refractivity contribution in [3.63, 3.8) is 0 Å². The molecule has 1 saturated carbocycles. The Morgan fingerprint density at radius 2 is 2.30 bits per heavy atom. The van der Waals surface area contributed by atoms with Crippen LogP contribution in [0.4, 0.5) is 0 Å². The Labute approximate surface area is 116 Å². The van der Waals surface area contributed by atoms with Crippen molar-refractivity contribution < 1.29 is 23.7 Å². The fraction of sp³-hybridized carbons (Fsp3) is 0.533. The van der Waals surface area contributed by atoms with E-state index in [0.717, 1.165) is 17.7 Å². The number of para-hydroxylation sites is 1. The summed E-state index contributed by atoms with van der Waals surface area (Å²) in [6.45, 7) is 0.313. The van der Waals surface area contributed by atoms with E-state index in [1.54, 1.807) is 0 Å². The highest BCUT2D eigenvalue weighted by Crippen LogP contribution is 2.56. The zero-order valence-electron chi connectivity index (χ0n) is 11.2. The molecule has 0 aromatic heterocycles. The molecule has 1 aromatic rings. The van der Waals surface area contributed by atoms with E-state index in [-0.39, 0.29) is 18.7 Å². The highest BCUT2D eigenvalue weighted by atomic mass is 16.6. The molecule has 4 unspecified atom stereocenters. The van der Waals surface area contributed by atoms with Crippen LogP contribution >= 0.6 is 0 Å². The molecular formula is C15H16O5. The average molecular weight is 276 g/mol. The third kappa shape index (κ3) is 1.81. The minimum atomic E-state index is -0.371. The molecule has 5 nitrogen and oxygen atoms in total. The monoisotopic (exact) mass is 276 g/mol. The van der Waals surface area contributed by atoms with Crippen LogP contribution in [0.5, 0.6) is 5.75 Å². The Balaban J connectivity index is 1.50. The summed E-state index contributed by atoms with van der Waals surface area (Å²) in [7, 11) is 1.35. The molecule has 0 N–H and O–H groups in total. The van der Waals surface area contributed by atoms with Crippen LogP contribution < -0.4 is 4.74 Å². The van der Waals surface area contributed by atoms with E-state index in [1.807, 2.05) is 12.1 Å². The molecular weight excluding hydrogens is 260 g/mol. The van der Waals surface area contributed by atoms with Gasteiger partial charge in [-0.1, -0.05) is 18.2 Å². The van der Waals surface area contributed by atoms with Crippen LogP contribution in [0.3, 0.4) is 0 Å². The Morgan fingerprint density at radius 3 is 3.15 bits per heavy atom. The topological polar surface area (TPSA) is 57.3 Å². The number of esters is 1. The van der Waals surface area contributed by atoms with E-state index in [1.165, 1.54) is 12.7 Å². The predicted octanol–water partition coefficient (Wildman–Crippen LogP) is 1.39. The summed E-state index contributed by atoms with van der Waals surface area (Å²) in [5.74, 6) is 0.918. The molecule has 0 spiro atoms. The summed E-state index contributed by atoms with van der Waals surface area (Å²) < 4.78 is 21.6. The first-order valence-electron chi connectivity index (χ1n) is 6.86. The minimum absolute atomic E-state index is 0.0408. The molecule has 2 fully saturated rings. The number of ether oxygens (including phenoxy) is 4. The molecule has 2 heterocycles. The molecule has 4 atom stereocenters. The largest absolute Gasteiger partial charge is 0.489 e. The fourth-order valence-electron chi connectivity index (χ4n) is 3.33. The Morgan fingerprint density at radius 1 is 1.40 bits per heavy atom. The molecule has 1 saturated heterocycles. The number of carbonyl (C=O) groups excluding carboxylic acids is 1. The third-order valence-corrected chi connectivity index (χ3v) is 4.30. The van der Waals surface area contributed by atoms with E-state index >= 15 is 0 Å². The molecule has 1 aliphatic carbocycles. The van der Waals surface area contributed by atoms with Gasteiger partial charge in [0.1, 0.15) is 18.5 Å². The SMILES string of the molecule is COC(=O)COCc1cccc2c1OC1CC3OC3C21. The Kier molecular flexibility index (Phi) is 2.72. The molecule has 5 heteroatoms. The van der Waals surface area contributed by atoms with Gasteiger partial charge in [0.2, 0.25) is 0 Å². The van der Waals surface area contributed by atoms with Crippen molar-refractivity contribution in [3.8, 4) is 5.75 Å². The Hall–Kier alpha value is -1.59. The first-order valence-corrected chi connectivity index (χ1v) is 6.86. The van der Waals surface area contributed by atoms with Crippen LogP contribution in [0.25, 0.3) is 0 Å². The molecule has 0 amide bonds. The van der Waals surface area contributed by atoms with Crippen molar-refractivity contribution in [1.82, 2.24) is 0 Å². The summed E-state index contributed by atoms with van der Waals surface area (Å²) in [5, 5.41) is 0. The molecule has 20 heavy (non-hydrogen) atoms. The minimum Gasteiger partial charge on any atom is -0.489 e. The van der Waals surface area contributed by atoms with Crippen molar-refractivity contribution in [2.45, 2.75) is 37.3 Å². The number of rotatable bonds is 4. The maximum atomic E-state index is 11.0. The van der Waals surface area contributed by atoms with Gasteiger partial charge >= 0.3 is 5.97 Å². The first-order chi connectivity index (χ1) is 9.78. The van der Waals surface area contributed by atoms with Crippen molar-refractivity contribution >= 4 is 5.97 Å². The maximum absolute atomic E-state index is 11.0. The molecule has 3 aliphatic rings. The van der Waals surface area contributed by atoms with Gasteiger partial charge in [-0.2, -0.15) is 0 Å². The van der Waals surface area contributed by atoms with Crippen molar-refractivity contribution in [2.24, 2.45) is 0 Å². The van der Waals surface area contributed by atoms with E-state index in [0.29, 0.717) is 24.7 Å². The molecule has 2 aliphatic heterocycles. The lowest BCUT2D eigenvalue weighted by molar-refractivity contribution is -0.146. The zero-order valence-corrected chi connectivity index (χ0v) is 11.2. The summed E-state index contributed by atoms with van der Waals surface area (Å²) >= 11 is 0. The second kappa shape index (κ2) is 4.46. The molecule has 0 bridgehead atoms. The van der Waals surface area contributed by atoms with Crippen LogP contribution in [0.1, 0.15) is 23.5 Å². The normalized spacial score (nSPS) is 32.0. The standard InChI is InChI=1S/C15H16O5/c1-17-12(16)7-18-6-8-3-2-4-9-13-10(19-14(8)9)5-11-15(13)20-11/h2-4,10-11,13,15H,5-7H2,1H3. The van der Waals surface area contributed by atoms with Crippen LogP contribution in [0.15, 0.2) is 18.2 Å². The van der Waals surface area contributed by atoms with Crippen LogP contribution in [-0.2, 0) is 25.6 Å².